The van der Waals surface area contributed by atoms with Gasteiger partial charge in [-0.05, 0) is 42.9 Å². The SMILES string of the molecule is ON=C1CCCCCC1=Cc1ccccc1. The first-order valence-electron chi connectivity index (χ1n) is 5.87. The summed E-state index contributed by atoms with van der Waals surface area (Å²) < 4.78 is 0. The van der Waals surface area contributed by atoms with Crippen LogP contribution in [0.15, 0.2) is 41.1 Å². The zero-order valence-corrected chi connectivity index (χ0v) is 9.39. The van der Waals surface area contributed by atoms with Crippen molar-refractivity contribution in [3.05, 3.63) is 41.5 Å². The molecule has 0 unspecified atom stereocenters. The van der Waals surface area contributed by atoms with Crippen LogP contribution >= 0.6 is 0 Å². The Hall–Kier alpha value is -1.57. The monoisotopic (exact) mass is 215 g/mol. The topological polar surface area (TPSA) is 32.6 Å². The van der Waals surface area contributed by atoms with Crippen LogP contribution < -0.4 is 0 Å². The lowest BCUT2D eigenvalue weighted by Crippen LogP contribution is -2.00. The maximum Gasteiger partial charge on any atom is 0.0827 e. The molecular formula is C14H17NO. The number of benzene rings is 1. The van der Waals surface area contributed by atoms with Crippen molar-refractivity contribution in [2.24, 2.45) is 5.16 Å². The second-order valence-corrected chi connectivity index (χ2v) is 4.19. The molecule has 1 N–H and O–H groups in total. The summed E-state index contributed by atoms with van der Waals surface area (Å²) in [5, 5.41) is 12.4. The summed E-state index contributed by atoms with van der Waals surface area (Å²) in [6.45, 7) is 0. The molecule has 1 aromatic carbocycles. The third kappa shape index (κ3) is 2.72. The largest absolute Gasteiger partial charge is 0.411 e. The number of hydrogen-bond acceptors (Lipinski definition) is 2. The predicted octanol–water partition coefficient (Wildman–Crippen LogP) is 3.86. The lowest BCUT2D eigenvalue weighted by atomic mass is 10.0. The highest BCUT2D eigenvalue weighted by atomic mass is 16.4. The summed E-state index contributed by atoms with van der Waals surface area (Å²) in [5.74, 6) is 0. The Balaban J connectivity index is 2.26. The van der Waals surface area contributed by atoms with Crippen LogP contribution in [-0.4, -0.2) is 10.9 Å². The molecule has 0 aliphatic heterocycles. The number of rotatable bonds is 1. The Bertz CT molecular complexity index is 392. The predicted molar refractivity (Wildman–Crippen MR) is 66.7 cm³/mol. The molecule has 0 radical (unpaired) electrons. The molecule has 2 nitrogen and oxygen atoms in total. The summed E-state index contributed by atoms with van der Waals surface area (Å²) in [6, 6.07) is 10.2. The van der Waals surface area contributed by atoms with E-state index in [1.165, 1.54) is 24.0 Å². The molecule has 0 saturated heterocycles. The van der Waals surface area contributed by atoms with Crippen molar-refractivity contribution in [1.82, 2.24) is 0 Å². The van der Waals surface area contributed by atoms with E-state index < -0.39 is 0 Å². The van der Waals surface area contributed by atoms with Gasteiger partial charge in [-0.2, -0.15) is 0 Å². The highest BCUT2D eigenvalue weighted by Crippen LogP contribution is 2.22. The van der Waals surface area contributed by atoms with E-state index in [-0.39, 0.29) is 0 Å². The molecule has 0 amide bonds. The molecule has 0 bridgehead atoms. The van der Waals surface area contributed by atoms with Crippen LogP contribution in [-0.2, 0) is 0 Å². The molecule has 2 heteroatoms. The summed E-state index contributed by atoms with van der Waals surface area (Å²) in [6.07, 6.45) is 7.61. The van der Waals surface area contributed by atoms with Crippen LogP contribution in [0.5, 0.6) is 0 Å². The van der Waals surface area contributed by atoms with Gasteiger partial charge in [-0.15, -0.1) is 0 Å². The Kier molecular flexibility index (Phi) is 3.76. The Morgan fingerprint density at radius 2 is 1.75 bits per heavy atom. The lowest BCUT2D eigenvalue weighted by Gasteiger charge is -2.04. The first-order valence-corrected chi connectivity index (χ1v) is 5.87. The fourth-order valence-corrected chi connectivity index (χ4v) is 2.11. The van der Waals surface area contributed by atoms with E-state index in [4.69, 9.17) is 5.21 Å². The van der Waals surface area contributed by atoms with E-state index in [0.717, 1.165) is 25.0 Å². The minimum Gasteiger partial charge on any atom is -0.411 e. The number of allylic oxidation sites excluding steroid dienone is 1. The average molecular weight is 215 g/mol. The summed E-state index contributed by atoms with van der Waals surface area (Å²) in [4.78, 5) is 0. The van der Waals surface area contributed by atoms with Gasteiger partial charge in [0, 0.05) is 0 Å². The first kappa shape index (κ1) is 10.9. The van der Waals surface area contributed by atoms with Crippen LogP contribution in [0.4, 0.5) is 0 Å². The molecule has 2 rings (SSSR count). The maximum atomic E-state index is 9.01. The molecule has 1 saturated carbocycles. The van der Waals surface area contributed by atoms with E-state index in [1.807, 2.05) is 18.2 Å². The van der Waals surface area contributed by atoms with Crippen LogP contribution in [0.3, 0.4) is 0 Å². The Morgan fingerprint density at radius 3 is 2.50 bits per heavy atom. The molecule has 1 fully saturated rings. The molecule has 0 spiro atoms. The molecule has 0 heterocycles. The fraction of sp³-hybridized carbons (Fsp3) is 0.357. The molecule has 1 aliphatic rings. The van der Waals surface area contributed by atoms with Gasteiger partial charge < -0.3 is 5.21 Å². The third-order valence-corrected chi connectivity index (χ3v) is 2.99. The van der Waals surface area contributed by atoms with E-state index in [0.29, 0.717) is 0 Å². The normalized spacial score (nSPS) is 22.2. The molecule has 16 heavy (non-hydrogen) atoms. The van der Waals surface area contributed by atoms with Crippen LogP contribution in [0.2, 0.25) is 0 Å². The van der Waals surface area contributed by atoms with Crippen molar-refractivity contribution in [2.45, 2.75) is 32.1 Å². The summed E-state index contributed by atoms with van der Waals surface area (Å²) in [5.41, 5.74) is 3.23. The van der Waals surface area contributed by atoms with Crippen molar-refractivity contribution in [2.75, 3.05) is 0 Å². The van der Waals surface area contributed by atoms with Gasteiger partial charge in [-0.25, -0.2) is 0 Å². The summed E-state index contributed by atoms with van der Waals surface area (Å²) in [7, 11) is 0. The molecular weight excluding hydrogens is 198 g/mol. The third-order valence-electron chi connectivity index (χ3n) is 2.99. The highest BCUT2D eigenvalue weighted by molar-refractivity contribution is 6.03. The van der Waals surface area contributed by atoms with E-state index >= 15 is 0 Å². The van der Waals surface area contributed by atoms with Gasteiger partial charge in [-0.3, -0.25) is 0 Å². The molecule has 0 atom stereocenters. The van der Waals surface area contributed by atoms with Crippen molar-refractivity contribution >= 4 is 11.8 Å². The minimum atomic E-state index is 0.862. The molecule has 1 aromatic rings. The van der Waals surface area contributed by atoms with E-state index in [2.05, 4.69) is 23.4 Å². The Labute approximate surface area is 96.3 Å². The highest BCUT2D eigenvalue weighted by Gasteiger charge is 2.12. The van der Waals surface area contributed by atoms with Gasteiger partial charge in [0.15, 0.2) is 0 Å². The number of nitrogens with zero attached hydrogens (tertiary/aromatic N) is 1. The maximum absolute atomic E-state index is 9.01. The zero-order valence-electron chi connectivity index (χ0n) is 9.39. The number of hydrogen-bond donors (Lipinski definition) is 1. The smallest absolute Gasteiger partial charge is 0.0827 e. The zero-order chi connectivity index (χ0) is 11.2. The van der Waals surface area contributed by atoms with Crippen molar-refractivity contribution in [1.29, 1.82) is 0 Å². The van der Waals surface area contributed by atoms with Crippen LogP contribution in [0.1, 0.15) is 37.7 Å². The second-order valence-electron chi connectivity index (χ2n) is 4.19. The van der Waals surface area contributed by atoms with Gasteiger partial charge >= 0.3 is 0 Å². The molecule has 0 aromatic heterocycles. The first-order chi connectivity index (χ1) is 7.90. The van der Waals surface area contributed by atoms with Gasteiger partial charge in [0.25, 0.3) is 0 Å². The number of oxime groups is 1. The standard InChI is InChI=1S/C14H17NO/c16-15-14-10-6-2-5-9-13(14)11-12-7-3-1-4-8-12/h1,3-4,7-8,11,16H,2,5-6,9-10H2. The van der Waals surface area contributed by atoms with Gasteiger partial charge in [0.2, 0.25) is 0 Å². The van der Waals surface area contributed by atoms with Gasteiger partial charge in [0.05, 0.1) is 5.71 Å². The van der Waals surface area contributed by atoms with Crippen LogP contribution in [0, 0.1) is 0 Å². The molecule has 84 valence electrons. The van der Waals surface area contributed by atoms with Crippen molar-refractivity contribution < 1.29 is 5.21 Å². The second kappa shape index (κ2) is 5.50. The fourth-order valence-electron chi connectivity index (χ4n) is 2.11. The molecule has 1 aliphatic carbocycles. The van der Waals surface area contributed by atoms with E-state index in [9.17, 15) is 0 Å². The van der Waals surface area contributed by atoms with Gasteiger partial charge in [0.1, 0.15) is 0 Å². The van der Waals surface area contributed by atoms with Crippen molar-refractivity contribution in [3.63, 3.8) is 0 Å². The van der Waals surface area contributed by atoms with Crippen LogP contribution in [0.25, 0.3) is 6.08 Å². The quantitative estimate of drug-likeness (QED) is 0.430. The van der Waals surface area contributed by atoms with Crippen molar-refractivity contribution in [3.8, 4) is 0 Å². The average Bonchev–Trinajstić information content (AvgIpc) is 2.55. The van der Waals surface area contributed by atoms with Gasteiger partial charge in [-0.1, -0.05) is 41.9 Å². The lowest BCUT2D eigenvalue weighted by molar-refractivity contribution is 0.318. The van der Waals surface area contributed by atoms with E-state index in [1.54, 1.807) is 0 Å². The minimum absolute atomic E-state index is 0.862. The Morgan fingerprint density at radius 1 is 1.00 bits per heavy atom. The summed E-state index contributed by atoms with van der Waals surface area (Å²) >= 11 is 0.